The topological polar surface area (TPSA) is 18.5 Å². The molecule has 1 rings (SSSR count). The summed E-state index contributed by atoms with van der Waals surface area (Å²) in [6.45, 7) is 6.67. The lowest BCUT2D eigenvalue weighted by atomic mass is 10.1. The highest BCUT2D eigenvalue weighted by molar-refractivity contribution is 7.80. The van der Waals surface area contributed by atoms with Gasteiger partial charge < -0.3 is 9.47 Å². The summed E-state index contributed by atoms with van der Waals surface area (Å²) >= 11 is 4.50. The summed E-state index contributed by atoms with van der Waals surface area (Å²) in [5.41, 5.74) is 2.25. The van der Waals surface area contributed by atoms with Gasteiger partial charge in [0.1, 0.15) is 0 Å². The molecule has 0 bridgehead atoms. The quantitative estimate of drug-likeness (QED) is 0.752. The molecule has 1 aromatic rings. The second-order valence-electron chi connectivity index (χ2n) is 3.20. The molecule has 15 heavy (non-hydrogen) atoms. The molecule has 0 aliphatic heterocycles. The van der Waals surface area contributed by atoms with E-state index in [0.717, 1.165) is 29.2 Å². The third-order valence-electron chi connectivity index (χ3n) is 2.13. The van der Waals surface area contributed by atoms with Gasteiger partial charge in [-0.25, -0.2) is 0 Å². The Morgan fingerprint density at radius 3 is 1.87 bits per heavy atom. The Kier molecular flexibility index (Phi) is 5.76. The van der Waals surface area contributed by atoms with E-state index in [2.05, 4.69) is 12.6 Å². The Morgan fingerprint density at radius 2 is 1.47 bits per heavy atom. The SMILES string of the molecule is CCOCc1cccc(COCC)c1S. The summed E-state index contributed by atoms with van der Waals surface area (Å²) < 4.78 is 10.7. The summed E-state index contributed by atoms with van der Waals surface area (Å²) in [5.74, 6) is 0. The molecule has 1 aromatic carbocycles. The molecule has 0 atom stereocenters. The summed E-state index contributed by atoms with van der Waals surface area (Å²) in [7, 11) is 0. The monoisotopic (exact) mass is 226 g/mol. The Balaban J connectivity index is 2.71. The number of thiol groups is 1. The van der Waals surface area contributed by atoms with Gasteiger partial charge in [-0.1, -0.05) is 18.2 Å². The Labute approximate surface area is 97.0 Å². The fourth-order valence-corrected chi connectivity index (χ4v) is 1.58. The number of rotatable bonds is 6. The first-order valence-electron chi connectivity index (χ1n) is 5.24. The lowest BCUT2D eigenvalue weighted by Crippen LogP contribution is -1.98. The molecule has 0 spiro atoms. The maximum atomic E-state index is 5.37. The van der Waals surface area contributed by atoms with Gasteiger partial charge >= 0.3 is 0 Å². The maximum absolute atomic E-state index is 5.37. The predicted molar refractivity (Wildman–Crippen MR) is 64.4 cm³/mol. The minimum Gasteiger partial charge on any atom is -0.377 e. The molecule has 0 N–H and O–H groups in total. The van der Waals surface area contributed by atoms with Gasteiger partial charge in [-0.15, -0.1) is 12.6 Å². The molecule has 0 aromatic heterocycles. The van der Waals surface area contributed by atoms with Crippen LogP contribution in [-0.2, 0) is 22.7 Å². The smallest absolute Gasteiger partial charge is 0.0727 e. The van der Waals surface area contributed by atoms with Gasteiger partial charge in [-0.05, 0) is 25.0 Å². The third kappa shape index (κ3) is 3.86. The van der Waals surface area contributed by atoms with Crippen LogP contribution in [0.2, 0.25) is 0 Å². The molecule has 84 valence electrons. The van der Waals surface area contributed by atoms with Gasteiger partial charge in [0.15, 0.2) is 0 Å². The van der Waals surface area contributed by atoms with Crippen molar-refractivity contribution in [2.24, 2.45) is 0 Å². The Morgan fingerprint density at radius 1 is 1.00 bits per heavy atom. The predicted octanol–water partition coefficient (Wildman–Crippen LogP) is 3.05. The average molecular weight is 226 g/mol. The normalized spacial score (nSPS) is 10.6. The van der Waals surface area contributed by atoms with E-state index in [1.54, 1.807) is 0 Å². The van der Waals surface area contributed by atoms with Crippen molar-refractivity contribution in [2.75, 3.05) is 13.2 Å². The number of hydrogen-bond acceptors (Lipinski definition) is 3. The number of hydrogen-bond donors (Lipinski definition) is 1. The average Bonchev–Trinajstić information content (AvgIpc) is 2.26. The lowest BCUT2D eigenvalue weighted by molar-refractivity contribution is 0.127. The van der Waals surface area contributed by atoms with E-state index in [4.69, 9.17) is 9.47 Å². The van der Waals surface area contributed by atoms with Crippen molar-refractivity contribution in [1.82, 2.24) is 0 Å². The molecule has 0 heterocycles. The summed E-state index contributed by atoms with van der Waals surface area (Å²) in [6.07, 6.45) is 0. The maximum Gasteiger partial charge on any atom is 0.0727 e. The van der Waals surface area contributed by atoms with Crippen molar-refractivity contribution in [2.45, 2.75) is 32.0 Å². The fourth-order valence-electron chi connectivity index (χ4n) is 1.30. The van der Waals surface area contributed by atoms with E-state index < -0.39 is 0 Å². The van der Waals surface area contributed by atoms with Crippen LogP contribution in [0.3, 0.4) is 0 Å². The molecule has 0 fully saturated rings. The zero-order valence-corrected chi connectivity index (χ0v) is 10.2. The third-order valence-corrected chi connectivity index (χ3v) is 2.70. The summed E-state index contributed by atoms with van der Waals surface area (Å²) in [6, 6.07) is 6.09. The first-order chi connectivity index (χ1) is 7.29. The highest BCUT2D eigenvalue weighted by Gasteiger charge is 2.04. The standard InChI is InChI=1S/C12H18O2S/c1-3-13-8-10-6-5-7-11(12(10)15)9-14-4-2/h5-7,15H,3-4,8-9H2,1-2H3. The number of ether oxygens (including phenoxy) is 2. The van der Waals surface area contributed by atoms with E-state index in [1.165, 1.54) is 0 Å². The van der Waals surface area contributed by atoms with Gasteiger partial charge in [-0.3, -0.25) is 0 Å². The molecule has 2 nitrogen and oxygen atoms in total. The molecule has 0 amide bonds. The van der Waals surface area contributed by atoms with Crippen LogP contribution in [0.5, 0.6) is 0 Å². The van der Waals surface area contributed by atoms with E-state index >= 15 is 0 Å². The highest BCUT2D eigenvalue weighted by atomic mass is 32.1. The minimum absolute atomic E-state index is 0.620. The van der Waals surface area contributed by atoms with Crippen LogP contribution in [0.4, 0.5) is 0 Å². The minimum atomic E-state index is 0.620. The van der Waals surface area contributed by atoms with Gasteiger partial charge in [-0.2, -0.15) is 0 Å². The highest BCUT2D eigenvalue weighted by Crippen LogP contribution is 2.20. The van der Waals surface area contributed by atoms with E-state index in [1.807, 2.05) is 32.0 Å². The number of benzene rings is 1. The molecular formula is C12H18O2S. The molecule has 3 heteroatoms. The van der Waals surface area contributed by atoms with Crippen molar-refractivity contribution >= 4 is 12.6 Å². The molecule has 0 saturated heterocycles. The van der Waals surface area contributed by atoms with Gasteiger partial charge in [0, 0.05) is 18.1 Å². The van der Waals surface area contributed by atoms with E-state index in [9.17, 15) is 0 Å². The summed E-state index contributed by atoms with van der Waals surface area (Å²) in [4.78, 5) is 0.986. The zero-order chi connectivity index (χ0) is 11.1. The molecule has 0 unspecified atom stereocenters. The van der Waals surface area contributed by atoms with Crippen LogP contribution >= 0.6 is 12.6 Å². The Bertz CT molecular complexity index is 273. The van der Waals surface area contributed by atoms with Crippen molar-refractivity contribution in [3.05, 3.63) is 29.3 Å². The first kappa shape index (κ1) is 12.6. The lowest BCUT2D eigenvalue weighted by Gasteiger charge is -2.10. The molecule has 0 aliphatic carbocycles. The van der Waals surface area contributed by atoms with Crippen LogP contribution in [0, 0.1) is 0 Å². The molecule has 0 radical (unpaired) electrons. The van der Waals surface area contributed by atoms with Crippen molar-refractivity contribution in [3.8, 4) is 0 Å². The summed E-state index contributed by atoms with van der Waals surface area (Å²) in [5, 5.41) is 0. The molecule has 0 aliphatic rings. The van der Waals surface area contributed by atoms with Crippen molar-refractivity contribution in [3.63, 3.8) is 0 Å². The molecular weight excluding hydrogens is 208 g/mol. The van der Waals surface area contributed by atoms with Gasteiger partial charge in [0.2, 0.25) is 0 Å². The fraction of sp³-hybridized carbons (Fsp3) is 0.500. The van der Waals surface area contributed by atoms with Crippen molar-refractivity contribution in [1.29, 1.82) is 0 Å². The van der Waals surface area contributed by atoms with Gasteiger partial charge in [0.05, 0.1) is 13.2 Å². The van der Waals surface area contributed by atoms with Crippen LogP contribution in [0.1, 0.15) is 25.0 Å². The Hall–Kier alpha value is -0.510. The van der Waals surface area contributed by atoms with Crippen LogP contribution in [0.15, 0.2) is 23.1 Å². The van der Waals surface area contributed by atoms with Crippen LogP contribution < -0.4 is 0 Å². The largest absolute Gasteiger partial charge is 0.377 e. The zero-order valence-electron chi connectivity index (χ0n) is 9.32. The van der Waals surface area contributed by atoms with Crippen LogP contribution in [0.25, 0.3) is 0 Å². The molecule has 0 saturated carbocycles. The van der Waals surface area contributed by atoms with Crippen molar-refractivity contribution < 1.29 is 9.47 Å². The van der Waals surface area contributed by atoms with Gasteiger partial charge in [0.25, 0.3) is 0 Å². The second kappa shape index (κ2) is 6.88. The van der Waals surface area contributed by atoms with Crippen LogP contribution in [-0.4, -0.2) is 13.2 Å². The van der Waals surface area contributed by atoms with E-state index in [0.29, 0.717) is 13.2 Å². The van der Waals surface area contributed by atoms with E-state index in [-0.39, 0.29) is 0 Å². The first-order valence-corrected chi connectivity index (χ1v) is 5.69. The second-order valence-corrected chi connectivity index (χ2v) is 3.65.